The van der Waals surface area contributed by atoms with Crippen LogP contribution in [0.15, 0.2) is 60.6 Å². The van der Waals surface area contributed by atoms with Gasteiger partial charge in [0.15, 0.2) is 5.76 Å². The number of ether oxygens (including phenoxy) is 2. The lowest BCUT2D eigenvalue weighted by molar-refractivity contribution is 0.0873. The van der Waals surface area contributed by atoms with Crippen molar-refractivity contribution in [1.29, 1.82) is 0 Å². The second-order valence-corrected chi connectivity index (χ2v) is 7.96. The van der Waals surface area contributed by atoms with Gasteiger partial charge in [-0.1, -0.05) is 29.3 Å². The fourth-order valence-corrected chi connectivity index (χ4v) is 3.93. The number of hydrogen-bond donors (Lipinski definition) is 0. The number of Topliss-reactive ketones (excluding diaryl/α,β-unsaturated/α-hetero) is 1. The molecular weight excluding hydrogens is 423 g/mol. The van der Waals surface area contributed by atoms with Crippen LogP contribution in [0, 0.1) is 0 Å². The lowest BCUT2D eigenvalue weighted by Crippen LogP contribution is -2.31. The van der Waals surface area contributed by atoms with Gasteiger partial charge in [-0.3, -0.25) is 14.7 Å². The van der Waals surface area contributed by atoms with E-state index in [0.717, 1.165) is 22.4 Å². The summed E-state index contributed by atoms with van der Waals surface area (Å²) >= 11 is 12.2. The van der Waals surface area contributed by atoms with Crippen molar-refractivity contribution in [3.8, 4) is 11.5 Å². The second kappa shape index (κ2) is 7.76. The molecule has 0 aliphatic carbocycles. The number of rotatable bonds is 3. The van der Waals surface area contributed by atoms with Gasteiger partial charge in [0.05, 0.1) is 21.2 Å². The molecule has 0 unspecified atom stereocenters. The Morgan fingerprint density at radius 1 is 1.07 bits per heavy atom. The van der Waals surface area contributed by atoms with Crippen molar-refractivity contribution in [3.05, 3.63) is 92.9 Å². The van der Waals surface area contributed by atoms with E-state index in [1.165, 1.54) is 0 Å². The molecule has 7 heteroatoms. The van der Waals surface area contributed by atoms with E-state index in [4.69, 9.17) is 32.7 Å². The van der Waals surface area contributed by atoms with E-state index in [-0.39, 0.29) is 5.78 Å². The van der Waals surface area contributed by atoms with Crippen molar-refractivity contribution in [2.45, 2.75) is 13.1 Å². The Morgan fingerprint density at radius 2 is 1.90 bits per heavy atom. The Morgan fingerprint density at radius 3 is 2.70 bits per heavy atom. The molecule has 0 bridgehead atoms. The van der Waals surface area contributed by atoms with Gasteiger partial charge in [-0.15, -0.1) is 0 Å². The number of benzene rings is 2. The van der Waals surface area contributed by atoms with E-state index in [0.29, 0.717) is 46.9 Å². The van der Waals surface area contributed by atoms with Gasteiger partial charge in [0.1, 0.15) is 18.2 Å². The quantitative estimate of drug-likeness (QED) is 0.515. The molecule has 3 aromatic rings. The van der Waals surface area contributed by atoms with Crippen molar-refractivity contribution < 1.29 is 14.3 Å². The molecule has 0 saturated heterocycles. The summed E-state index contributed by atoms with van der Waals surface area (Å²) < 4.78 is 11.9. The molecule has 0 saturated carbocycles. The monoisotopic (exact) mass is 438 g/mol. The number of carbonyl (C=O) groups is 1. The van der Waals surface area contributed by atoms with Crippen LogP contribution in [0.1, 0.15) is 27.0 Å². The van der Waals surface area contributed by atoms with Crippen LogP contribution in [-0.2, 0) is 13.1 Å². The van der Waals surface area contributed by atoms with Gasteiger partial charge in [-0.2, -0.15) is 0 Å². The maximum Gasteiger partial charge on any atom is 0.231 e. The molecule has 0 atom stereocenters. The highest BCUT2D eigenvalue weighted by Gasteiger charge is 2.33. The molecule has 0 amide bonds. The molecule has 0 spiro atoms. The van der Waals surface area contributed by atoms with Crippen LogP contribution >= 0.6 is 23.2 Å². The minimum atomic E-state index is -0.133. The molecule has 2 aromatic carbocycles. The zero-order chi connectivity index (χ0) is 20.7. The summed E-state index contributed by atoms with van der Waals surface area (Å²) in [5.41, 5.74) is 3.30. The molecular formula is C23H16Cl2N2O3. The smallest absolute Gasteiger partial charge is 0.231 e. The minimum absolute atomic E-state index is 0.133. The van der Waals surface area contributed by atoms with E-state index in [1.54, 1.807) is 30.6 Å². The molecule has 1 aromatic heterocycles. The van der Waals surface area contributed by atoms with Gasteiger partial charge in [-0.05, 0) is 53.6 Å². The third kappa shape index (κ3) is 3.56. The highest BCUT2D eigenvalue weighted by Crippen LogP contribution is 2.42. The zero-order valence-electron chi connectivity index (χ0n) is 15.8. The number of allylic oxidation sites excluding steroid dienone is 1. The van der Waals surface area contributed by atoms with E-state index < -0.39 is 0 Å². The first-order valence-corrected chi connectivity index (χ1v) is 10.1. The third-order valence-electron chi connectivity index (χ3n) is 5.08. The molecule has 5 nitrogen and oxygen atoms in total. The first-order valence-electron chi connectivity index (χ1n) is 9.38. The maximum absolute atomic E-state index is 12.8. The SMILES string of the molecule is O=C1/C(=C/c2ccncc2)Oc2c1ccc1c2CN(Cc2ccc(Cl)c(Cl)c2)CO1. The lowest BCUT2D eigenvalue weighted by atomic mass is 10.0. The van der Waals surface area contributed by atoms with Crippen LogP contribution in [-0.4, -0.2) is 22.4 Å². The topological polar surface area (TPSA) is 51.7 Å². The Balaban J connectivity index is 1.42. The van der Waals surface area contributed by atoms with Crippen molar-refractivity contribution in [2.75, 3.05) is 6.73 Å². The Labute approximate surface area is 183 Å². The molecule has 5 rings (SSSR count). The second-order valence-electron chi connectivity index (χ2n) is 7.15. The van der Waals surface area contributed by atoms with Crippen LogP contribution in [0.25, 0.3) is 6.08 Å². The fourth-order valence-electron chi connectivity index (χ4n) is 3.61. The predicted octanol–water partition coefficient (Wildman–Crippen LogP) is 5.36. The number of halogens is 2. The standard InChI is InChI=1S/C23H16Cl2N2O3/c24-18-3-1-15(9-19(18)25)11-27-12-17-20(29-13-27)4-2-16-22(28)21(30-23(16)17)10-14-5-7-26-8-6-14/h1-10H,11-13H2/b21-10-. The molecule has 2 aliphatic heterocycles. The maximum atomic E-state index is 12.8. The first kappa shape index (κ1) is 19.1. The van der Waals surface area contributed by atoms with Gasteiger partial charge >= 0.3 is 0 Å². The van der Waals surface area contributed by atoms with Gasteiger partial charge in [0.25, 0.3) is 0 Å². The van der Waals surface area contributed by atoms with Crippen LogP contribution < -0.4 is 9.47 Å². The number of carbonyl (C=O) groups excluding carboxylic acids is 1. The first-order chi connectivity index (χ1) is 14.6. The largest absolute Gasteiger partial charge is 0.478 e. The summed E-state index contributed by atoms with van der Waals surface area (Å²) in [6.45, 7) is 1.65. The van der Waals surface area contributed by atoms with E-state index in [9.17, 15) is 4.79 Å². The fraction of sp³-hybridized carbons (Fsp3) is 0.130. The zero-order valence-corrected chi connectivity index (χ0v) is 17.3. The van der Waals surface area contributed by atoms with Gasteiger partial charge < -0.3 is 9.47 Å². The average molecular weight is 439 g/mol. The summed E-state index contributed by atoms with van der Waals surface area (Å²) in [6.07, 6.45) is 5.08. The number of aromatic nitrogens is 1. The van der Waals surface area contributed by atoms with Gasteiger partial charge in [0.2, 0.25) is 5.78 Å². The van der Waals surface area contributed by atoms with Crippen LogP contribution in [0.3, 0.4) is 0 Å². The Hall–Kier alpha value is -2.86. The Bertz CT molecular complexity index is 1180. The lowest BCUT2D eigenvalue weighted by Gasteiger charge is -2.29. The van der Waals surface area contributed by atoms with Crippen molar-refractivity contribution in [1.82, 2.24) is 9.88 Å². The van der Waals surface area contributed by atoms with Crippen LogP contribution in [0.4, 0.5) is 0 Å². The molecule has 0 radical (unpaired) electrons. The number of hydrogen-bond acceptors (Lipinski definition) is 5. The summed E-state index contributed by atoms with van der Waals surface area (Å²) in [5.74, 6) is 1.46. The molecule has 2 aliphatic rings. The molecule has 30 heavy (non-hydrogen) atoms. The number of pyridine rings is 1. The molecule has 0 fully saturated rings. The average Bonchev–Trinajstić information content (AvgIpc) is 3.07. The van der Waals surface area contributed by atoms with E-state index in [1.807, 2.05) is 30.3 Å². The van der Waals surface area contributed by atoms with E-state index in [2.05, 4.69) is 9.88 Å². The minimum Gasteiger partial charge on any atom is -0.478 e. The summed E-state index contributed by atoms with van der Waals surface area (Å²) in [7, 11) is 0. The summed E-state index contributed by atoms with van der Waals surface area (Å²) in [5, 5.41) is 1.05. The number of ketones is 1. The number of fused-ring (bicyclic) bond motifs is 3. The summed E-state index contributed by atoms with van der Waals surface area (Å²) in [4.78, 5) is 18.9. The highest BCUT2D eigenvalue weighted by molar-refractivity contribution is 6.42. The normalized spacial score (nSPS) is 16.7. The summed E-state index contributed by atoms with van der Waals surface area (Å²) in [6, 6.07) is 12.8. The number of nitrogens with zero attached hydrogens (tertiary/aromatic N) is 2. The highest BCUT2D eigenvalue weighted by atomic mass is 35.5. The van der Waals surface area contributed by atoms with E-state index >= 15 is 0 Å². The van der Waals surface area contributed by atoms with Crippen molar-refractivity contribution in [2.24, 2.45) is 0 Å². The van der Waals surface area contributed by atoms with Gasteiger partial charge in [-0.25, -0.2) is 0 Å². The predicted molar refractivity (Wildman–Crippen MR) is 115 cm³/mol. The van der Waals surface area contributed by atoms with Crippen molar-refractivity contribution >= 4 is 35.1 Å². The third-order valence-corrected chi connectivity index (χ3v) is 5.82. The molecule has 3 heterocycles. The molecule has 0 N–H and O–H groups in total. The van der Waals surface area contributed by atoms with Crippen LogP contribution in [0.5, 0.6) is 11.5 Å². The Kier molecular flexibility index (Phi) is 4.95. The van der Waals surface area contributed by atoms with Crippen molar-refractivity contribution in [3.63, 3.8) is 0 Å². The van der Waals surface area contributed by atoms with Gasteiger partial charge in [0, 0.05) is 25.5 Å². The van der Waals surface area contributed by atoms with Crippen LogP contribution in [0.2, 0.25) is 10.0 Å². The molecule has 150 valence electrons.